The van der Waals surface area contributed by atoms with E-state index < -0.39 is 15.7 Å². The van der Waals surface area contributed by atoms with Crippen LogP contribution < -0.4 is 5.32 Å². The van der Waals surface area contributed by atoms with Crippen LogP contribution in [0.3, 0.4) is 0 Å². The van der Waals surface area contributed by atoms with Gasteiger partial charge in [-0.3, -0.25) is 4.79 Å². The summed E-state index contributed by atoms with van der Waals surface area (Å²) in [7, 11) is -3.63. The Kier molecular flexibility index (Phi) is 5.91. The molecular formula is C19H12BrCl2NO3S. The van der Waals surface area contributed by atoms with Gasteiger partial charge in [0.15, 0.2) is 0 Å². The van der Waals surface area contributed by atoms with Gasteiger partial charge in [-0.2, -0.15) is 0 Å². The monoisotopic (exact) mass is 483 g/mol. The van der Waals surface area contributed by atoms with E-state index in [4.69, 9.17) is 23.2 Å². The van der Waals surface area contributed by atoms with Crippen LogP contribution in [0.25, 0.3) is 0 Å². The standard InChI is InChI=1S/C19H12BrCl2NO3S/c20-13-1-5-17(6-2-13)27(25,26)18-7-3-16(4-8-18)23-19(24)12-9-14(21)11-15(22)10-12/h1-11H,(H,23,24). The lowest BCUT2D eigenvalue weighted by Crippen LogP contribution is -2.12. The predicted octanol–water partition coefficient (Wildman–Crippen LogP) is 5.84. The van der Waals surface area contributed by atoms with E-state index >= 15 is 0 Å². The molecule has 1 N–H and O–H groups in total. The maximum atomic E-state index is 12.6. The molecule has 0 aliphatic rings. The van der Waals surface area contributed by atoms with E-state index in [0.717, 1.165) is 4.47 Å². The summed E-state index contributed by atoms with van der Waals surface area (Å²) < 4.78 is 26.1. The number of hydrogen-bond acceptors (Lipinski definition) is 3. The van der Waals surface area contributed by atoms with Gasteiger partial charge in [-0.15, -0.1) is 0 Å². The van der Waals surface area contributed by atoms with E-state index in [1.54, 1.807) is 12.1 Å². The Labute approximate surface area is 175 Å². The third-order valence-corrected chi connectivity index (χ3v) is 6.42. The molecule has 3 rings (SSSR count). The Hall–Kier alpha value is -1.86. The van der Waals surface area contributed by atoms with E-state index in [0.29, 0.717) is 21.3 Å². The summed E-state index contributed by atoms with van der Waals surface area (Å²) in [4.78, 5) is 12.6. The lowest BCUT2D eigenvalue weighted by molar-refractivity contribution is 0.102. The second-order valence-electron chi connectivity index (χ2n) is 5.59. The van der Waals surface area contributed by atoms with Crippen molar-refractivity contribution in [1.82, 2.24) is 0 Å². The van der Waals surface area contributed by atoms with Crippen LogP contribution in [0.15, 0.2) is 81.0 Å². The highest BCUT2D eigenvalue weighted by atomic mass is 79.9. The summed E-state index contributed by atoms with van der Waals surface area (Å²) in [6.07, 6.45) is 0. The van der Waals surface area contributed by atoms with Gasteiger partial charge in [-0.1, -0.05) is 39.1 Å². The zero-order valence-electron chi connectivity index (χ0n) is 13.6. The Bertz CT molecular complexity index is 1080. The van der Waals surface area contributed by atoms with Gasteiger partial charge in [0.05, 0.1) is 9.79 Å². The van der Waals surface area contributed by atoms with Crippen LogP contribution in [0, 0.1) is 0 Å². The van der Waals surface area contributed by atoms with Crippen LogP contribution in [0.1, 0.15) is 10.4 Å². The summed E-state index contributed by atoms with van der Waals surface area (Å²) >= 11 is 15.1. The molecule has 0 saturated heterocycles. The van der Waals surface area contributed by atoms with Crippen molar-refractivity contribution in [1.29, 1.82) is 0 Å². The maximum absolute atomic E-state index is 12.6. The number of halogens is 3. The molecule has 0 spiro atoms. The number of amides is 1. The van der Waals surface area contributed by atoms with Gasteiger partial charge in [0.25, 0.3) is 5.91 Å². The van der Waals surface area contributed by atoms with Gasteiger partial charge in [-0.05, 0) is 66.7 Å². The van der Waals surface area contributed by atoms with Gasteiger partial charge >= 0.3 is 0 Å². The minimum Gasteiger partial charge on any atom is -0.322 e. The average Bonchev–Trinajstić information content (AvgIpc) is 2.61. The number of sulfone groups is 1. The first-order valence-corrected chi connectivity index (χ1v) is 10.7. The van der Waals surface area contributed by atoms with Crippen molar-refractivity contribution in [2.45, 2.75) is 9.79 Å². The molecule has 27 heavy (non-hydrogen) atoms. The van der Waals surface area contributed by atoms with Crippen molar-refractivity contribution in [3.05, 3.63) is 86.8 Å². The molecule has 0 aromatic heterocycles. The average molecular weight is 485 g/mol. The zero-order chi connectivity index (χ0) is 19.6. The van der Waals surface area contributed by atoms with Crippen molar-refractivity contribution in [3.63, 3.8) is 0 Å². The molecule has 0 saturated carbocycles. The molecule has 0 radical (unpaired) electrons. The molecule has 0 aliphatic carbocycles. The van der Waals surface area contributed by atoms with Crippen LogP contribution in [-0.4, -0.2) is 14.3 Å². The molecular weight excluding hydrogens is 473 g/mol. The minimum absolute atomic E-state index is 0.133. The fourth-order valence-corrected chi connectivity index (χ4v) is 4.41. The van der Waals surface area contributed by atoms with Crippen molar-refractivity contribution >= 4 is 60.6 Å². The highest BCUT2D eigenvalue weighted by Gasteiger charge is 2.17. The first-order chi connectivity index (χ1) is 12.8. The van der Waals surface area contributed by atoms with Gasteiger partial charge < -0.3 is 5.32 Å². The summed E-state index contributed by atoms with van der Waals surface area (Å²) in [5.41, 5.74) is 0.755. The molecule has 3 aromatic carbocycles. The predicted molar refractivity (Wildman–Crippen MR) is 110 cm³/mol. The molecule has 8 heteroatoms. The Morgan fingerprint density at radius 1 is 0.815 bits per heavy atom. The van der Waals surface area contributed by atoms with Crippen molar-refractivity contribution in [3.8, 4) is 0 Å². The van der Waals surface area contributed by atoms with Crippen molar-refractivity contribution < 1.29 is 13.2 Å². The molecule has 0 unspecified atom stereocenters. The first-order valence-electron chi connectivity index (χ1n) is 7.64. The smallest absolute Gasteiger partial charge is 0.255 e. The number of anilines is 1. The molecule has 1 amide bonds. The molecule has 0 bridgehead atoms. The first kappa shape index (κ1) is 19.9. The molecule has 0 atom stereocenters. The van der Waals surface area contributed by atoms with Crippen molar-refractivity contribution in [2.75, 3.05) is 5.32 Å². The topological polar surface area (TPSA) is 63.2 Å². The highest BCUT2D eigenvalue weighted by molar-refractivity contribution is 9.10. The third-order valence-electron chi connectivity index (χ3n) is 3.67. The Balaban J connectivity index is 1.81. The fraction of sp³-hybridized carbons (Fsp3) is 0. The summed E-state index contributed by atoms with van der Waals surface area (Å²) in [6.45, 7) is 0. The molecule has 3 aromatic rings. The lowest BCUT2D eigenvalue weighted by atomic mass is 10.2. The van der Waals surface area contributed by atoms with Gasteiger partial charge in [0.1, 0.15) is 0 Å². The minimum atomic E-state index is -3.63. The highest BCUT2D eigenvalue weighted by Crippen LogP contribution is 2.24. The Morgan fingerprint density at radius 3 is 1.81 bits per heavy atom. The quantitative estimate of drug-likeness (QED) is 0.505. The number of hydrogen-bond donors (Lipinski definition) is 1. The summed E-state index contributed by atoms with van der Waals surface area (Å²) in [6, 6.07) is 16.8. The molecule has 0 fully saturated rings. The maximum Gasteiger partial charge on any atom is 0.255 e. The number of carbonyl (C=O) groups is 1. The van der Waals surface area contributed by atoms with Crippen LogP contribution in [0.5, 0.6) is 0 Å². The zero-order valence-corrected chi connectivity index (χ0v) is 17.5. The normalized spacial score (nSPS) is 11.2. The molecule has 0 heterocycles. The number of rotatable bonds is 4. The fourth-order valence-electron chi connectivity index (χ4n) is 2.36. The number of nitrogens with one attached hydrogen (secondary N) is 1. The van der Waals surface area contributed by atoms with E-state index in [1.165, 1.54) is 54.6 Å². The van der Waals surface area contributed by atoms with E-state index in [2.05, 4.69) is 21.2 Å². The Morgan fingerprint density at radius 2 is 1.30 bits per heavy atom. The van der Waals surface area contributed by atoms with Crippen LogP contribution in [0.4, 0.5) is 5.69 Å². The van der Waals surface area contributed by atoms with E-state index in [9.17, 15) is 13.2 Å². The number of carbonyl (C=O) groups excluding carboxylic acids is 1. The van der Waals surface area contributed by atoms with E-state index in [1.807, 2.05) is 0 Å². The summed E-state index contributed by atoms with van der Waals surface area (Å²) in [5, 5.41) is 3.38. The largest absolute Gasteiger partial charge is 0.322 e. The van der Waals surface area contributed by atoms with Crippen LogP contribution in [0.2, 0.25) is 10.0 Å². The number of benzene rings is 3. The van der Waals surface area contributed by atoms with Crippen LogP contribution >= 0.6 is 39.1 Å². The molecule has 138 valence electrons. The lowest BCUT2D eigenvalue weighted by Gasteiger charge is -2.08. The van der Waals surface area contributed by atoms with Gasteiger partial charge in [0.2, 0.25) is 9.84 Å². The second-order valence-corrected chi connectivity index (χ2v) is 9.33. The van der Waals surface area contributed by atoms with E-state index in [-0.39, 0.29) is 9.79 Å². The molecule has 0 aliphatic heterocycles. The van der Waals surface area contributed by atoms with Gasteiger partial charge in [0, 0.05) is 25.8 Å². The second kappa shape index (κ2) is 8.02. The van der Waals surface area contributed by atoms with Crippen LogP contribution in [-0.2, 0) is 9.84 Å². The SMILES string of the molecule is O=C(Nc1ccc(S(=O)(=O)c2ccc(Br)cc2)cc1)c1cc(Cl)cc(Cl)c1. The van der Waals surface area contributed by atoms with Crippen molar-refractivity contribution in [2.24, 2.45) is 0 Å². The summed E-state index contributed by atoms with van der Waals surface area (Å²) in [5.74, 6) is -0.400. The molecule has 4 nitrogen and oxygen atoms in total. The van der Waals surface area contributed by atoms with Gasteiger partial charge in [-0.25, -0.2) is 8.42 Å². The third kappa shape index (κ3) is 4.71.